The highest BCUT2D eigenvalue weighted by atomic mass is 35.5. The molecule has 0 radical (unpaired) electrons. The van der Waals surface area contributed by atoms with E-state index in [0.717, 1.165) is 11.0 Å². The number of rotatable bonds is 7. The molecule has 13 heteroatoms. The summed E-state index contributed by atoms with van der Waals surface area (Å²) in [6.45, 7) is -1.27. The van der Waals surface area contributed by atoms with Crippen molar-refractivity contribution in [3.05, 3.63) is 68.2 Å². The summed E-state index contributed by atoms with van der Waals surface area (Å²) in [5.41, 5.74) is 0.0276. The highest BCUT2D eigenvalue weighted by molar-refractivity contribution is 6.32. The molecule has 0 aliphatic carbocycles. The molecule has 2 aromatic carbocycles. The summed E-state index contributed by atoms with van der Waals surface area (Å²) in [5.74, 6) is -3.37. The average molecular weight is 475 g/mol. The van der Waals surface area contributed by atoms with Crippen molar-refractivity contribution >= 4 is 52.6 Å². The van der Waals surface area contributed by atoms with Crippen molar-refractivity contribution in [3.63, 3.8) is 0 Å². The normalized spacial score (nSPS) is 12.2. The molecule has 1 aliphatic rings. The molecule has 3 rings (SSSR count). The van der Waals surface area contributed by atoms with Gasteiger partial charge in [-0.1, -0.05) is 11.6 Å². The number of halogens is 1. The molecule has 0 fully saturated rings. The third-order valence-corrected chi connectivity index (χ3v) is 4.86. The smallest absolute Gasteiger partial charge is 0.325 e. The summed E-state index contributed by atoms with van der Waals surface area (Å²) < 4.78 is 4.77. The number of fused-ring (bicyclic) bond motifs is 1. The molecule has 1 aliphatic heterocycles. The fourth-order valence-electron chi connectivity index (χ4n) is 2.88. The zero-order valence-electron chi connectivity index (χ0n) is 16.9. The van der Waals surface area contributed by atoms with Gasteiger partial charge in [0, 0.05) is 24.4 Å². The van der Waals surface area contributed by atoms with Gasteiger partial charge in [-0.3, -0.25) is 39.0 Å². The number of nitrogens with zero attached hydrogens (tertiary/aromatic N) is 2. The van der Waals surface area contributed by atoms with Crippen molar-refractivity contribution in [2.24, 2.45) is 0 Å². The van der Waals surface area contributed by atoms with Crippen LogP contribution in [0, 0.1) is 10.1 Å². The second-order valence-electron chi connectivity index (χ2n) is 6.74. The van der Waals surface area contributed by atoms with E-state index < -0.39 is 53.4 Å². The Bertz CT molecular complexity index is 1210. The lowest BCUT2D eigenvalue weighted by Crippen LogP contribution is -2.32. The second kappa shape index (κ2) is 9.44. The van der Waals surface area contributed by atoms with Crippen LogP contribution in [0.2, 0.25) is 5.02 Å². The number of anilines is 1. The van der Waals surface area contributed by atoms with E-state index in [9.17, 15) is 34.1 Å². The zero-order chi connectivity index (χ0) is 24.3. The van der Waals surface area contributed by atoms with Gasteiger partial charge in [0.25, 0.3) is 29.3 Å². The fraction of sp³-hybridized carbons (Fsp3) is 0.150. The van der Waals surface area contributed by atoms with Crippen LogP contribution in [-0.4, -0.2) is 59.6 Å². The van der Waals surface area contributed by atoms with Crippen LogP contribution in [0.15, 0.2) is 36.4 Å². The molecule has 12 nitrogen and oxygen atoms in total. The van der Waals surface area contributed by atoms with E-state index in [-0.39, 0.29) is 27.4 Å². The van der Waals surface area contributed by atoms with Crippen LogP contribution in [0.1, 0.15) is 31.1 Å². The zero-order valence-corrected chi connectivity index (χ0v) is 17.7. The highest BCUT2D eigenvalue weighted by Gasteiger charge is 2.32. The van der Waals surface area contributed by atoms with Crippen LogP contribution in [-0.2, 0) is 14.3 Å². The summed E-state index contributed by atoms with van der Waals surface area (Å²) in [4.78, 5) is 70.8. The van der Waals surface area contributed by atoms with Crippen LogP contribution < -0.4 is 10.6 Å². The Kier molecular flexibility index (Phi) is 6.68. The molecule has 0 bridgehead atoms. The number of imide groups is 1. The number of nitro benzene ring substituents is 1. The molecule has 1 heterocycles. The minimum absolute atomic E-state index is 0.0908. The number of carbonyl (C=O) groups is 5. The van der Waals surface area contributed by atoms with Gasteiger partial charge in [0.05, 0.1) is 16.1 Å². The average Bonchev–Trinajstić information content (AvgIpc) is 2.99. The predicted octanol–water partition coefficient (Wildman–Crippen LogP) is 1.39. The summed E-state index contributed by atoms with van der Waals surface area (Å²) in [7, 11) is 1.34. The van der Waals surface area contributed by atoms with E-state index in [0.29, 0.717) is 0 Å². The molecular formula is C20H15ClN4O8. The lowest BCUT2D eigenvalue weighted by molar-refractivity contribution is -0.384. The van der Waals surface area contributed by atoms with E-state index >= 15 is 0 Å². The first-order valence-corrected chi connectivity index (χ1v) is 9.60. The van der Waals surface area contributed by atoms with E-state index in [1.807, 2.05) is 0 Å². The molecule has 4 amide bonds. The molecule has 0 saturated carbocycles. The second-order valence-corrected chi connectivity index (χ2v) is 7.15. The van der Waals surface area contributed by atoms with Crippen LogP contribution in [0.25, 0.3) is 0 Å². The number of esters is 1. The monoisotopic (exact) mass is 474 g/mol. The minimum Gasteiger partial charge on any atom is -0.454 e. The molecule has 170 valence electrons. The Morgan fingerprint density at radius 2 is 1.79 bits per heavy atom. The number of nitro groups is 1. The third-order valence-electron chi connectivity index (χ3n) is 4.54. The Morgan fingerprint density at radius 3 is 2.48 bits per heavy atom. The largest absolute Gasteiger partial charge is 0.454 e. The number of benzene rings is 2. The quantitative estimate of drug-likeness (QED) is 0.263. The van der Waals surface area contributed by atoms with Crippen molar-refractivity contribution < 1.29 is 33.6 Å². The summed E-state index contributed by atoms with van der Waals surface area (Å²) in [6, 6.07) is 7.55. The van der Waals surface area contributed by atoms with E-state index in [2.05, 4.69) is 10.6 Å². The summed E-state index contributed by atoms with van der Waals surface area (Å²) in [6.07, 6.45) is 0. The van der Waals surface area contributed by atoms with Crippen LogP contribution >= 0.6 is 11.6 Å². The van der Waals surface area contributed by atoms with Crippen molar-refractivity contribution in [1.29, 1.82) is 0 Å². The highest BCUT2D eigenvalue weighted by Crippen LogP contribution is 2.25. The first kappa shape index (κ1) is 23.3. The molecule has 0 aromatic heterocycles. The Balaban J connectivity index is 1.49. The van der Waals surface area contributed by atoms with Crippen molar-refractivity contribution in [3.8, 4) is 0 Å². The number of carbonyl (C=O) groups excluding carboxylic acids is 5. The standard InChI is InChI=1S/C20H15ClN4O8/c1-24-19(29)12-4-3-11(7-13(12)20(24)30)23-16(26)9-33-17(27)8-22-18(28)10-2-5-14(21)15(6-10)25(31)32/h2-7H,8-9H2,1H3,(H,22,28)(H,23,26). The maximum absolute atomic E-state index is 12.1. The predicted molar refractivity (Wildman–Crippen MR) is 113 cm³/mol. The molecule has 0 saturated heterocycles. The Hall–Kier alpha value is -4.32. The van der Waals surface area contributed by atoms with E-state index in [1.54, 1.807) is 0 Å². The van der Waals surface area contributed by atoms with Crippen LogP contribution in [0.4, 0.5) is 11.4 Å². The van der Waals surface area contributed by atoms with Gasteiger partial charge in [-0.05, 0) is 30.3 Å². The minimum atomic E-state index is -0.932. The van der Waals surface area contributed by atoms with Gasteiger partial charge in [-0.25, -0.2) is 0 Å². The van der Waals surface area contributed by atoms with Crippen molar-refractivity contribution in [2.45, 2.75) is 0 Å². The maximum Gasteiger partial charge on any atom is 0.325 e. The molecule has 0 unspecified atom stereocenters. The summed E-state index contributed by atoms with van der Waals surface area (Å²) >= 11 is 5.68. The van der Waals surface area contributed by atoms with Crippen LogP contribution in [0.5, 0.6) is 0 Å². The van der Waals surface area contributed by atoms with Crippen molar-refractivity contribution in [2.75, 3.05) is 25.5 Å². The first-order valence-electron chi connectivity index (χ1n) is 9.22. The van der Waals surface area contributed by atoms with Gasteiger partial charge >= 0.3 is 5.97 Å². The molecule has 33 heavy (non-hydrogen) atoms. The summed E-state index contributed by atoms with van der Waals surface area (Å²) in [5, 5.41) is 15.4. The number of nitrogens with one attached hydrogen (secondary N) is 2. The van der Waals surface area contributed by atoms with Gasteiger partial charge in [0.15, 0.2) is 6.61 Å². The fourth-order valence-corrected chi connectivity index (χ4v) is 3.07. The number of ether oxygens (including phenoxy) is 1. The van der Waals surface area contributed by atoms with Gasteiger partial charge in [0.1, 0.15) is 11.6 Å². The van der Waals surface area contributed by atoms with Gasteiger partial charge < -0.3 is 15.4 Å². The van der Waals surface area contributed by atoms with Gasteiger partial charge in [0.2, 0.25) is 0 Å². The lowest BCUT2D eigenvalue weighted by atomic mass is 10.1. The lowest BCUT2D eigenvalue weighted by Gasteiger charge is -2.08. The molecule has 2 N–H and O–H groups in total. The third kappa shape index (κ3) is 5.13. The van der Waals surface area contributed by atoms with E-state index in [4.69, 9.17) is 16.3 Å². The Morgan fingerprint density at radius 1 is 1.09 bits per heavy atom. The molecule has 2 aromatic rings. The topological polar surface area (TPSA) is 165 Å². The molecular weight excluding hydrogens is 460 g/mol. The molecule has 0 spiro atoms. The molecule has 0 atom stereocenters. The van der Waals surface area contributed by atoms with Gasteiger partial charge in [-0.2, -0.15) is 0 Å². The van der Waals surface area contributed by atoms with Crippen LogP contribution in [0.3, 0.4) is 0 Å². The van der Waals surface area contributed by atoms with Gasteiger partial charge in [-0.15, -0.1) is 0 Å². The van der Waals surface area contributed by atoms with E-state index in [1.165, 1.54) is 37.4 Å². The first-order chi connectivity index (χ1) is 15.6. The Labute approximate surface area is 190 Å². The number of amides is 4. The number of hydrogen-bond acceptors (Lipinski definition) is 8. The van der Waals surface area contributed by atoms with Crippen molar-refractivity contribution in [1.82, 2.24) is 10.2 Å². The number of hydrogen-bond donors (Lipinski definition) is 2. The SMILES string of the molecule is CN1C(=O)c2ccc(NC(=O)COC(=O)CNC(=O)c3ccc(Cl)c([N+](=O)[O-])c3)cc2C1=O. The maximum atomic E-state index is 12.1.